The Morgan fingerprint density at radius 2 is 1.84 bits per heavy atom. The average molecular weight is 362 g/mol. The molecule has 0 aliphatic carbocycles. The zero-order chi connectivity index (χ0) is 18.0. The summed E-state index contributed by atoms with van der Waals surface area (Å²) in [5.41, 5.74) is 1.19. The Bertz CT molecular complexity index is 998. The van der Waals surface area contributed by atoms with E-state index in [1.165, 1.54) is 30.3 Å². The van der Waals surface area contributed by atoms with Gasteiger partial charge in [-0.05, 0) is 25.1 Å². The molecule has 2 N–H and O–H groups in total. The van der Waals surface area contributed by atoms with Gasteiger partial charge in [0.1, 0.15) is 10.7 Å². The van der Waals surface area contributed by atoms with Crippen LogP contribution in [0.5, 0.6) is 5.88 Å². The van der Waals surface area contributed by atoms with Gasteiger partial charge in [0.05, 0.1) is 17.9 Å². The van der Waals surface area contributed by atoms with Crippen LogP contribution in [-0.4, -0.2) is 23.7 Å². The molecule has 6 nitrogen and oxygen atoms in total. The monoisotopic (exact) mass is 362 g/mol. The number of aryl methyl sites for hydroxylation is 1. The molecule has 130 valence electrons. The lowest BCUT2D eigenvalue weighted by Gasteiger charge is -2.08. The van der Waals surface area contributed by atoms with Crippen molar-refractivity contribution in [2.24, 2.45) is 0 Å². The molecule has 0 saturated heterocycles. The fraction of sp³-hybridized carbons (Fsp3) is 0.118. The lowest BCUT2D eigenvalue weighted by atomic mass is 10.1. The molecule has 0 spiro atoms. The maximum atomic E-state index is 14.1. The van der Waals surface area contributed by atoms with E-state index in [1.54, 1.807) is 18.2 Å². The van der Waals surface area contributed by atoms with Crippen LogP contribution in [0.2, 0.25) is 0 Å². The van der Waals surface area contributed by atoms with E-state index in [0.29, 0.717) is 0 Å². The molecule has 25 heavy (non-hydrogen) atoms. The van der Waals surface area contributed by atoms with Crippen LogP contribution in [0.3, 0.4) is 0 Å². The Kier molecular flexibility index (Phi) is 4.56. The van der Waals surface area contributed by atoms with Gasteiger partial charge in [-0.15, -0.1) is 5.10 Å². The first-order valence-corrected chi connectivity index (χ1v) is 8.77. The molecule has 0 aliphatic rings. The number of aliphatic hydroxyl groups is 1. The van der Waals surface area contributed by atoms with Crippen LogP contribution in [0.1, 0.15) is 11.3 Å². The van der Waals surface area contributed by atoms with E-state index in [4.69, 9.17) is 4.18 Å². The number of nitrogens with zero attached hydrogens (tertiary/aromatic N) is 1. The van der Waals surface area contributed by atoms with Gasteiger partial charge in [0.25, 0.3) is 5.88 Å². The van der Waals surface area contributed by atoms with E-state index in [2.05, 4.69) is 10.2 Å². The lowest BCUT2D eigenvalue weighted by Crippen LogP contribution is -2.10. The van der Waals surface area contributed by atoms with Gasteiger partial charge in [0.15, 0.2) is 0 Å². The minimum atomic E-state index is -4.15. The second-order valence-electron chi connectivity index (χ2n) is 5.37. The van der Waals surface area contributed by atoms with Crippen molar-refractivity contribution in [2.75, 3.05) is 0 Å². The number of halogens is 1. The molecule has 3 aromatic rings. The summed E-state index contributed by atoms with van der Waals surface area (Å²) < 4.78 is 44.1. The Morgan fingerprint density at radius 1 is 1.16 bits per heavy atom. The molecule has 0 amide bonds. The van der Waals surface area contributed by atoms with Crippen LogP contribution in [0.15, 0.2) is 53.4 Å². The van der Waals surface area contributed by atoms with E-state index in [1.807, 2.05) is 6.92 Å². The molecule has 0 atom stereocenters. The summed E-state index contributed by atoms with van der Waals surface area (Å²) in [5, 5.41) is 15.7. The molecular formula is C17H15FN2O4S. The summed E-state index contributed by atoms with van der Waals surface area (Å²) >= 11 is 0. The predicted molar refractivity (Wildman–Crippen MR) is 88.9 cm³/mol. The normalized spacial score (nSPS) is 11.5. The minimum Gasteiger partial charge on any atom is -0.390 e. The Labute approximate surface area is 144 Å². The largest absolute Gasteiger partial charge is 0.390 e. The highest BCUT2D eigenvalue weighted by Gasteiger charge is 2.25. The van der Waals surface area contributed by atoms with E-state index >= 15 is 0 Å². The minimum absolute atomic E-state index is 0.0499. The number of aliphatic hydroxyl groups excluding tert-OH is 1. The number of hydrogen-bond acceptors (Lipinski definition) is 5. The molecule has 0 saturated carbocycles. The summed E-state index contributed by atoms with van der Waals surface area (Å²) in [4.78, 5) is -0.0499. The van der Waals surface area contributed by atoms with Gasteiger partial charge < -0.3 is 9.29 Å². The first kappa shape index (κ1) is 17.1. The van der Waals surface area contributed by atoms with Crippen LogP contribution in [0.4, 0.5) is 4.39 Å². The van der Waals surface area contributed by atoms with Gasteiger partial charge in [-0.2, -0.15) is 8.42 Å². The number of hydrogen-bond donors (Lipinski definition) is 2. The predicted octanol–water partition coefficient (Wildman–Crippen LogP) is 2.78. The number of benzene rings is 2. The van der Waals surface area contributed by atoms with Crippen molar-refractivity contribution in [1.82, 2.24) is 10.2 Å². The van der Waals surface area contributed by atoms with Crippen LogP contribution in [0.25, 0.3) is 11.1 Å². The van der Waals surface area contributed by atoms with Gasteiger partial charge in [-0.25, -0.2) is 4.39 Å². The van der Waals surface area contributed by atoms with E-state index in [9.17, 15) is 17.9 Å². The second-order valence-corrected chi connectivity index (χ2v) is 6.92. The van der Waals surface area contributed by atoms with Crippen LogP contribution in [-0.2, 0) is 16.7 Å². The SMILES string of the molecule is Cc1ccc(S(=O)(=O)Oc2n[nH]c(CO)c2-c2ccccc2F)cc1. The molecule has 2 aromatic carbocycles. The third-order valence-corrected chi connectivity index (χ3v) is 4.83. The quantitative estimate of drug-likeness (QED) is 0.681. The third kappa shape index (κ3) is 3.40. The zero-order valence-electron chi connectivity index (χ0n) is 13.2. The Balaban J connectivity index is 2.06. The van der Waals surface area contributed by atoms with Crippen molar-refractivity contribution in [3.63, 3.8) is 0 Å². The molecule has 0 radical (unpaired) electrons. The first-order valence-electron chi connectivity index (χ1n) is 7.36. The highest BCUT2D eigenvalue weighted by Crippen LogP contribution is 2.34. The fourth-order valence-electron chi connectivity index (χ4n) is 2.33. The number of nitrogens with one attached hydrogen (secondary N) is 1. The standard InChI is InChI=1S/C17H15FN2O4S/c1-11-6-8-12(9-7-11)25(22,23)24-17-16(15(10-21)19-20-17)13-4-2-3-5-14(13)18/h2-9,21H,10H2,1H3,(H,19,20). The summed E-state index contributed by atoms with van der Waals surface area (Å²) in [6, 6.07) is 11.9. The first-order chi connectivity index (χ1) is 11.9. The number of aromatic amines is 1. The Hall–Kier alpha value is -2.71. The van der Waals surface area contributed by atoms with Crippen molar-refractivity contribution in [3.8, 4) is 17.0 Å². The van der Waals surface area contributed by atoms with Gasteiger partial charge in [-0.1, -0.05) is 35.9 Å². The lowest BCUT2D eigenvalue weighted by molar-refractivity contribution is 0.277. The molecule has 0 bridgehead atoms. The smallest absolute Gasteiger partial charge is 0.340 e. The molecule has 1 heterocycles. The topological polar surface area (TPSA) is 92.3 Å². The van der Waals surface area contributed by atoms with Gasteiger partial charge in [0.2, 0.25) is 0 Å². The average Bonchev–Trinajstić information content (AvgIpc) is 2.97. The second kappa shape index (κ2) is 6.66. The van der Waals surface area contributed by atoms with E-state index in [-0.39, 0.29) is 27.6 Å². The molecule has 1 aromatic heterocycles. The van der Waals surface area contributed by atoms with Crippen molar-refractivity contribution < 1.29 is 22.1 Å². The summed E-state index contributed by atoms with van der Waals surface area (Å²) in [7, 11) is -4.15. The summed E-state index contributed by atoms with van der Waals surface area (Å²) in [6.45, 7) is 1.35. The van der Waals surface area contributed by atoms with Crippen LogP contribution < -0.4 is 4.18 Å². The number of aromatic nitrogens is 2. The maximum absolute atomic E-state index is 14.1. The number of rotatable bonds is 5. The van der Waals surface area contributed by atoms with Crippen LogP contribution in [0, 0.1) is 12.7 Å². The molecule has 8 heteroatoms. The summed E-state index contributed by atoms with van der Waals surface area (Å²) in [6.07, 6.45) is 0. The maximum Gasteiger partial charge on any atom is 0.340 e. The summed E-state index contributed by atoms with van der Waals surface area (Å²) in [5.74, 6) is -0.911. The van der Waals surface area contributed by atoms with Crippen molar-refractivity contribution >= 4 is 10.1 Å². The third-order valence-electron chi connectivity index (χ3n) is 3.61. The van der Waals surface area contributed by atoms with Gasteiger partial charge in [-0.3, -0.25) is 5.10 Å². The van der Waals surface area contributed by atoms with Crippen LogP contribution >= 0.6 is 0 Å². The van der Waals surface area contributed by atoms with E-state index in [0.717, 1.165) is 5.56 Å². The molecule has 0 unspecified atom stereocenters. The highest BCUT2D eigenvalue weighted by atomic mass is 32.2. The highest BCUT2D eigenvalue weighted by molar-refractivity contribution is 7.87. The Morgan fingerprint density at radius 3 is 2.48 bits per heavy atom. The molecular weight excluding hydrogens is 347 g/mol. The van der Waals surface area contributed by atoms with Crippen molar-refractivity contribution in [1.29, 1.82) is 0 Å². The van der Waals surface area contributed by atoms with Gasteiger partial charge in [0, 0.05) is 5.56 Å². The zero-order valence-corrected chi connectivity index (χ0v) is 14.0. The fourth-order valence-corrected chi connectivity index (χ4v) is 3.23. The number of H-pyrrole nitrogens is 1. The van der Waals surface area contributed by atoms with Crippen molar-refractivity contribution in [3.05, 3.63) is 65.6 Å². The van der Waals surface area contributed by atoms with Crippen molar-refractivity contribution in [2.45, 2.75) is 18.4 Å². The molecule has 3 rings (SSSR count). The molecule has 0 fully saturated rings. The van der Waals surface area contributed by atoms with Gasteiger partial charge >= 0.3 is 10.1 Å². The van der Waals surface area contributed by atoms with E-state index < -0.39 is 22.5 Å². The molecule has 0 aliphatic heterocycles.